The third-order valence-electron chi connectivity index (χ3n) is 4.15. The average molecular weight is 241 g/mol. The van der Waals surface area contributed by atoms with Crippen LogP contribution in [0.3, 0.4) is 0 Å². The Bertz CT molecular complexity index is 431. The number of hydrogen-bond donors (Lipinski definition) is 0. The smallest absolute Gasteiger partial charge is 0.0994 e. The van der Waals surface area contributed by atoms with E-state index in [2.05, 4.69) is 38.1 Å². The quantitative estimate of drug-likeness (QED) is 0.659. The van der Waals surface area contributed by atoms with Gasteiger partial charge in [-0.15, -0.1) is 0 Å². The van der Waals surface area contributed by atoms with Crippen molar-refractivity contribution in [3.63, 3.8) is 0 Å². The Kier molecular flexibility index (Phi) is 4.42. The molecule has 0 radical (unpaired) electrons. The summed E-state index contributed by atoms with van der Waals surface area (Å²) >= 11 is 0. The van der Waals surface area contributed by atoms with Gasteiger partial charge in [0, 0.05) is 0 Å². The molecule has 0 atom stereocenters. The molecule has 1 aromatic carbocycles. The summed E-state index contributed by atoms with van der Waals surface area (Å²) in [5.41, 5.74) is 3.46. The van der Waals surface area contributed by atoms with Crippen LogP contribution in [0.25, 0.3) is 0 Å². The molecule has 96 valence electrons. The van der Waals surface area contributed by atoms with Gasteiger partial charge in [-0.1, -0.05) is 51.7 Å². The van der Waals surface area contributed by atoms with Crippen molar-refractivity contribution in [3.8, 4) is 6.07 Å². The first-order chi connectivity index (χ1) is 8.72. The van der Waals surface area contributed by atoms with Gasteiger partial charge >= 0.3 is 0 Å². The van der Waals surface area contributed by atoms with Gasteiger partial charge in [-0.25, -0.2) is 0 Å². The number of nitriles is 1. The molecule has 2 rings (SSSR count). The molecule has 18 heavy (non-hydrogen) atoms. The van der Waals surface area contributed by atoms with E-state index in [0.29, 0.717) is 11.8 Å². The predicted molar refractivity (Wildman–Crippen MR) is 75.7 cm³/mol. The molecule has 0 N–H and O–H groups in total. The van der Waals surface area contributed by atoms with E-state index >= 15 is 0 Å². The summed E-state index contributed by atoms with van der Waals surface area (Å²) in [6, 6.07) is 8.94. The standard InChI is InChI=1S/C17H23N/c1-13(2)17-10-9-15(11-16(17)12-18)14-7-5-3-4-6-8-14/h9-11,13-14H,3-8H2,1-2H3. The van der Waals surface area contributed by atoms with Gasteiger partial charge in [0.25, 0.3) is 0 Å². The maximum atomic E-state index is 9.30. The van der Waals surface area contributed by atoms with Crippen LogP contribution in [0.5, 0.6) is 0 Å². The van der Waals surface area contributed by atoms with Gasteiger partial charge in [0.1, 0.15) is 0 Å². The lowest BCUT2D eigenvalue weighted by molar-refractivity contribution is 0.592. The molecule has 0 saturated heterocycles. The number of hydrogen-bond acceptors (Lipinski definition) is 1. The second kappa shape index (κ2) is 6.05. The van der Waals surface area contributed by atoms with Crippen molar-refractivity contribution >= 4 is 0 Å². The Morgan fingerprint density at radius 1 is 1.11 bits per heavy atom. The van der Waals surface area contributed by atoms with E-state index in [1.54, 1.807) is 0 Å². The SMILES string of the molecule is CC(C)c1ccc(C2CCCCCC2)cc1C#N. The molecule has 1 saturated carbocycles. The molecule has 1 heteroatoms. The normalized spacial score (nSPS) is 17.4. The highest BCUT2D eigenvalue weighted by molar-refractivity contribution is 5.43. The van der Waals surface area contributed by atoms with Gasteiger partial charge < -0.3 is 0 Å². The van der Waals surface area contributed by atoms with Crippen LogP contribution in [0.2, 0.25) is 0 Å². The summed E-state index contributed by atoms with van der Waals surface area (Å²) in [7, 11) is 0. The fourth-order valence-corrected chi connectivity index (χ4v) is 3.04. The molecular formula is C17H23N. The third-order valence-corrected chi connectivity index (χ3v) is 4.15. The topological polar surface area (TPSA) is 23.8 Å². The Labute approximate surface area is 111 Å². The molecule has 0 aliphatic heterocycles. The maximum Gasteiger partial charge on any atom is 0.0994 e. The molecule has 0 unspecified atom stereocenters. The van der Waals surface area contributed by atoms with E-state index in [1.165, 1.54) is 49.7 Å². The number of rotatable bonds is 2. The van der Waals surface area contributed by atoms with E-state index < -0.39 is 0 Å². The van der Waals surface area contributed by atoms with Gasteiger partial charge in [-0.3, -0.25) is 0 Å². The van der Waals surface area contributed by atoms with E-state index in [4.69, 9.17) is 0 Å². The monoisotopic (exact) mass is 241 g/mol. The highest BCUT2D eigenvalue weighted by atomic mass is 14.3. The van der Waals surface area contributed by atoms with Crippen LogP contribution in [0, 0.1) is 11.3 Å². The van der Waals surface area contributed by atoms with Crippen molar-refractivity contribution in [3.05, 3.63) is 34.9 Å². The van der Waals surface area contributed by atoms with Crippen molar-refractivity contribution in [1.82, 2.24) is 0 Å². The molecule has 1 aliphatic rings. The van der Waals surface area contributed by atoms with Crippen LogP contribution in [0.15, 0.2) is 18.2 Å². The van der Waals surface area contributed by atoms with Gasteiger partial charge in [0.05, 0.1) is 11.6 Å². The van der Waals surface area contributed by atoms with Gasteiger partial charge in [-0.05, 0) is 41.9 Å². The lowest BCUT2D eigenvalue weighted by Crippen LogP contribution is -2.00. The molecule has 1 aliphatic carbocycles. The number of benzene rings is 1. The highest BCUT2D eigenvalue weighted by Gasteiger charge is 2.16. The molecule has 0 heterocycles. The summed E-state index contributed by atoms with van der Waals surface area (Å²) < 4.78 is 0. The minimum Gasteiger partial charge on any atom is -0.192 e. The minimum absolute atomic E-state index is 0.433. The summed E-state index contributed by atoms with van der Waals surface area (Å²) in [6.45, 7) is 4.31. The summed E-state index contributed by atoms with van der Waals surface area (Å²) in [5, 5.41) is 9.30. The molecule has 0 spiro atoms. The Hall–Kier alpha value is -1.29. The Morgan fingerprint density at radius 2 is 1.78 bits per heavy atom. The van der Waals surface area contributed by atoms with Crippen LogP contribution in [-0.4, -0.2) is 0 Å². The average Bonchev–Trinajstić information content (AvgIpc) is 2.66. The van der Waals surface area contributed by atoms with Crippen molar-refractivity contribution in [2.75, 3.05) is 0 Å². The zero-order valence-electron chi connectivity index (χ0n) is 11.6. The summed E-state index contributed by atoms with van der Waals surface area (Å²) in [5.74, 6) is 1.11. The van der Waals surface area contributed by atoms with Crippen LogP contribution >= 0.6 is 0 Å². The lowest BCUT2D eigenvalue weighted by Gasteiger charge is -2.17. The molecule has 1 nitrogen and oxygen atoms in total. The maximum absolute atomic E-state index is 9.30. The molecule has 0 amide bonds. The predicted octanol–water partition coefficient (Wildman–Crippen LogP) is 5.12. The first kappa shape index (κ1) is 13.1. The Morgan fingerprint density at radius 3 is 2.33 bits per heavy atom. The van der Waals surface area contributed by atoms with Crippen molar-refractivity contribution in [1.29, 1.82) is 5.26 Å². The van der Waals surface area contributed by atoms with Crippen molar-refractivity contribution < 1.29 is 0 Å². The van der Waals surface area contributed by atoms with E-state index in [0.717, 1.165) is 5.56 Å². The van der Waals surface area contributed by atoms with Crippen molar-refractivity contribution in [2.45, 2.75) is 64.2 Å². The van der Waals surface area contributed by atoms with Crippen LogP contribution in [0.4, 0.5) is 0 Å². The first-order valence-electron chi connectivity index (χ1n) is 7.26. The number of nitrogens with zero attached hydrogens (tertiary/aromatic N) is 1. The zero-order valence-corrected chi connectivity index (χ0v) is 11.6. The minimum atomic E-state index is 0.433. The van der Waals surface area contributed by atoms with E-state index in [9.17, 15) is 5.26 Å². The fraction of sp³-hybridized carbons (Fsp3) is 0.588. The lowest BCUT2D eigenvalue weighted by atomic mass is 9.88. The van der Waals surface area contributed by atoms with Gasteiger partial charge in [0.15, 0.2) is 0 Å². The van der Waals surface area contributed by atoms with Gasteiger partial charge in [-0.2, -0.15) is 5.26 Å². The van der Waals surface area contributed by atoms with E-state index in [-0.39, 0.29) is 0 Å². The largest absolute Gasteiger partial charge is 0.192 e. The Balaban J connectivity index is 2.26. The van der Waals surface area contributed by atoms with Crippen molar-refractivity contribution in [2.24, 2.45) is 0 Å². The first-order valence-corrected chi connectivity index (χ1v) is 7.26. The van der Waals surface area contributed by atoms with Crippen LogP contribution in [0.1, 0.15) is 80.9 Å². The summed E-state index contributed by atoms with van der Waals surface area (Å²) in [6.07, 6.45) is 8.05. The molecule has 0 bridgehead atoms. The second-order valence-electron chi connectivity index (χ2n) is 5.80. The third kappa shape index (κ3) is 2.93. The summed E-state index contributed by atoms with van der Waals surface area (Å²) in [4.78, 5) is 0. The molecule has 1 fully saturated rings. The highest BCUT2D eigenvalue weighted by Crippen LogP contribution is 2.33. The van der Waals surface area contributed by atoms with E-state index in [1.807, 2.05) is 0 Å². The molecular weight excluding hydrogens is 218 g/mol. The molecule has 1 aromatic rings. The van der Waals surface area contributed by atoms with Crippen LogP contribution < -0.4 is 0 Å². The second-order valence-corrected chi connectivity index (χ2v) is 5.80. The zero-order chi connectivity index (χ0) is 13.0. The van der Waals surface area contributed by atoms with Gasteiger partial charge in [0.2, 0.25) is 0 Å². The molecule has 0 aromatic heterocycles. The van der Waals surface area contributed by atoms with Crippen LogP contribution in [-0.2, 0) is 0 Å². The fourth-order valence-electron chi connectivity index (χ4n) is 3.04.